The summed E-state index contributed by atoms with van der Waals surface area (Å²) in [6, 6.07) is 0.374. The Hall–Kier alpha value is -0.570. The number of hydrogen-bond acceptors (Lipinski definition) is 2. The molecule has 0 bridgehead atoms. The standard InChI is InChI=1S/C16H30N2O/c1-16(9-2-3-10-16)12-18-15(19)8-7-13-5-4-6-14(17)11-13/h13-14H,2-12,17H2,1H3,(H,18,19). The summed E-state index contributed by atoms with van der Waals surface area (Å²) < 4.78 is 0. The van der Waals surface area contributed by atoms with Gasteiger partial charge in [0.25, 0.3) is 0 Å². The predicted octanol–water partition coefficient (Wildman–Crippen LogP) is 2.98. The third kappa shape index (κ3) is 4.79. The third-order valence-corrected chi connectivity index (χ3v) is 5.13. The Morgan fingerprint density at radius 1 is 1.26 bits per heavy atom. The van der Waals surface area contributed by atoms with Gasteiger partial charge in [0, 0.05) is 19.0 Å². The van der Waals surface area contributed by atoms with Gasteiger partial charge in [0.1, 0.15) is 0 Å². The van der Waals surface area contributed by atoms with E-state index in [0.29, 0.717) is 23.8 Å². The molecule has 0 aliphatic heterocycles. The number of nitrogens with two attached hydrogens (primary N) is 1. The van der Waals surface area contributed by atoms with E-state index in [1.807, 2.05) is 0 Å². The van der Waals surface area contributed by atoms with E-state index in [-0.39, 0.29) is 5.91 Å². The van der Waals surface area contributed by atoms with Gasteiger partial charge in [-0.25, -0.2) is 0 Å². The van der Waals surface area contributed by atoms with Gasteiger partial charge in [0.15, 0.2) is 0 Å². The molecule has 19 heavy (non-hydrogen) atoms. The van der Waals surface area contributed by atoms with Crippen LogP contribution in [0.1, 0.15) is 71.1 Å². The summed E-state index contributed by atoms with van der Waals surface area (Å²) in [4.78, 5) is 11.9. The zero-order chi connectivity index (χ0) is 13.7. The third-order valence-electron chi connectivity index (χ3n) is 5.13. The zero-order valence-electron chi connectivity index (χ0n) is 12.4. The van der Waals surface area contributed by atoms with Gasteiger partial charge in [0.2, 0.25) is 5.91 Å². The summed E-state index contributed by atoms with van der Waals surface area (Å²) in [7, 11) is 0. The number of nitrogens with one attached hydrogen (secondary N) is 1. The van der Waals surface area contributed by atoms with E-state index in [1.54, 1.807) is 0 Å². The molecule has 0 heterocycles. The molecule has 2 atom stereocenters. The number of rotatable bonds is 5. The molecule has 2 aliphatic rings. The molecular formula is C16H30N2O. The van der Waals surface area contributed by atoms with Crippen LogP contribution < -0.4 is 11.1 Å². The molecule has 0 spiro atoms. The first-order valence-corrected chi connectivity index (χ1v) is 8.10. The molecular weight excluding hydrogens is 236 g/mol. The molecule has 0 saturated heterocycles. The maximum absolute atomic E-state index is 11.9. The van der Waals surface area contributed by atoms with Crippen molar-refractivity contribution in [3.8, 4) is 0 Å². The van der Waals surface area contributed by atoms with Gasteiger partial charge in [0.05, 0.1) is 0 Å². The molecule has 3 nitrogen and oxygen atoms in total. The highest BCUT2D eigenvalue weighted by molar-refractivity contribution is 5.75. The highest BCUT2D eigenvalue weighted by Crippen LogP contribution is 2.36. The van der Waals surface area contributed by atoms with Crippen molar-refractivity contribution in [2.24, 2.45) is 17.1 Å². The molecule has 2 unspecified atom stereocenters. The van der Waals surface area contributed by atoms with E-state index >= 15 is 0 Å². The Kier molecular flexibility index (Phi) is 5.26. The van der Waals surface area contributed by atoms with Gasteiger partial charge in [-0.3, -0.25) is 4.79 Å². The van der Waals surface area contributed by atoms with Crippen molar-refractivity contribution in [1.29, 1.82) is 0 Å². The second-order valence-electron chi connectivity index (χ2n) is 7.13. The molecule has 2 saturated carbocycles. The van der Waals surface area contributed by atoms with Crippen LogP contribution >= 0.6 is 0 Å². The van der Waals surface area contributed by atoms with Crippen molar-refractivity contribution in [2.45, 2.75) is 77.2 Å². The summed E-state index contributed by atoms with van der Waals surface area (Å²) in [5.74, 6) is 0.920. The van der Waals surface area contributed by atoms with Crippen LogP contribution in [0, 0.1) is 11.3 Å². The highest BCUT2D eigenvalue weighted by Gasteiger charge is 2.29. The molecule has 3 heteroatoms. The number of amides is 1. The molecule has 0 aromatic heterocycles. The Bertz CT molecular complexity index is 297. The van der Waals surface area contributed by atoms with Crippen LogP contribution in [0.5, 0.6) is 0 Å². The summed E-state index contributed by atoms with van der Waals surface area (Å²) in [6.07, 6.45) is 11.7. The average Bonchev–Trinajstić information content (AvgIpc) is 2.82. The van der Waals surface area contributed by atoms with Crippen LogP contribution in [-0.2, 0) is 4.79 Å². The van der Waals surface area contributed by atoms with E-state index < -0.39 is 0 Å². The Morgan fingerprint density at radius 2 is 2.00 bits per heavy atom. The van der Waals surface area contributed by atoms with Crippen molar-refractivity contribution in [3.05, 3.63) is 0 Å². The maximum atomic E-state index is 11.9. The summed E-state index contributed by atoms with van der Waals surface area (Å²) >= 11 is 0. The van der Waals surface area contributed by atoms with Crippen LogP contribution in [0.2, 0.25) is 0 Å². The molecule has 0 aromatic carbocycles. The second kappa shape index (κ2) is 6.74. The van der Waals surface area contributed by atoms with Crippen LogP contribution in [0.15, 0.2) is 0 Å². The monoisotopic (exact) mass is 266 g/mol. The van der Waals surface area contributed by atoms with E-state index in [2.05, 4.69) is 12.2 Å². The van der Waals surface area contributed by atoms with Crippen molar-refractivity contribution in [3.63, 3.8) is 0 Å². The number of carbonyl (C=O) groups is 1. The number of carbonyl (C=O) groups excluding carboxylic acids is 1. The molecule has 0 aromatic rings. The summed E-state index contributed by atoms with van der Waals surface area (Å²) in [5, 5.41) is 3.15. The lowest BCUT2D eigenvalue weighted by atomic mass is 9.83. The van der Waals surface area contributed by atoms with Crippen molar-refractivity contribution >= 4 is 5.91 Å². The van der Waals surface area contributed by atoms with Gasteiger partial charge < -0.3 is 11.1 Å². The molecule has 1 amide bonds. The van der Waals surface area contributed by atoms with Crippen LogP contribution in [0.25, 0.3) is 0 Å². The minimum atomic E-state index is 0.243. The Labute approximate surface area is 117 Å². The Balaban J connectivity index is 1.61. The van der Waals surface area contributed by atoms with Gasteiger partial charge >= 0.3 is 0 Å². The van der Waals surface area contributed by atoms with Gasteiger partial charge in [-0.2, -0.15) is 0 Å². The molecule has 2 fully saturated rings. The van der Waals surface area contributed by atoms with E-state index in [9.17, 15) is 4.79 Å². The van der Waals surface area contributed by atoms with Crippen LogP contribution in [0.3, 0.4) is 0 Å². The fourth-order valence-corrected chi connectivity index (χ4v) is 3.74. The van der Waals surface area contributed by atoms with Crippen molar-refractivity contribution in [2.75, 3.05) is 6.54 Å². The second-order valence-corrected chi connectivity index (χ2v) is 7.13. The largest absolute Gasteiger partial charge is 0.356 e. The average molecular weight is 266 g/mol. The first kappa shape index (κ1) is 14.8. The smallest absolute Gasteiger partial charge is 0.220 e. The molecule has 110 valence electrons. The van der Waals surface area contributed by atoms with Crippen LogP contribution in [-0.4, -0.2) is 18.5 Å². The lowest BCUT2D eigenvalue weighted by Gasteiger charge is -2.27. The van der Waals surface area contributed by atoms with Crippen molar-refractivity contribution < 1.29 is 4.79 Å². The summed E-state index contributed by atoms with van der Waals surface area (Å²) in [6.45, 7) is 3.18. The molecule has 0 radical (unpaired) electrons. The summed E-state index contributed by atoms with van der Waals surface area (Å²) in [5.41, 5.74) is 6.35. The molecule has 3 N–H and O–H groups in total. The normalized spacial score (nSPS) is 30.2. The first-order chi connectivity index (χ1) is 9.07. The van der Waals surface area contributed by atoms with E-state index in [1.165, 1.54) is 44.9 Å². The van der Waals surface area contributed by atoms with Gasteiger partial charge in [-0.1, -0.05) is 32.6 Å². The predicted molar refractivity (Wildman–Crippen MR) is 78.8 cm³/mol. The lowest BCUT2D eigenvalue weighted by Crippen LogP contribution is -2.34. The maximum Gasteiger partial charge on any atom is 0.220 e. The van der Waals surface area contributed by atoms with Gasteiger partial charge in [-0.15, -0.1) is 0 Å². The van der Waals surface area contributed by atoms with Crippen LogP contribution in [0.4, 0.5) is 0 Å². The lowest BCUT2D eigenvalue weighted by molar-refractivity contribution is -0.121. The number of hydrogen-bond donors (Lipinski definition) is 2. The first-order valence-electron chi connectivity index (χ1n) is 8.10. The minimum Gasteiger partial charge on any atom is -0.356 e. The SMILES string of the molecule is CC1(CNC(=O)CCC2CCCC(N)C2)CCCC1. The highest BCUT2D eigenvalue weighted by atomic mass is 16.1. The van der Waals surface area contributed by atoms with E-state index in [0.717, 1.165) is 19.4 Å². The zero-order valence-corrected chi connectivity index (χ0v) is 12.4. The molecule has 2 rings (SSSR count). The van der Waals surface area contributed by atoms with E-state index in [4.69, 9.17) is 5.73 Å². The van der Waals surface area contributed by atoms with Gasteiger partial charge in [-0.05, 0) is 43.4 Å². The topological polar surface area (TPSA) is 55.1 Å². The molecule has 2 aliphatic carbocycles. The quantitative estimate of drug-likeness (QED) is 0.803. The van der Waals surface area contributed by atoms with Crippen molar-refractivity contribution in [1.82, 2.24) is 5.32 Å². The fraction of sp³-hybridized carbons (Fsp3) is 0.938. The fourth-order valence-electron chi connectivity index (χ4n) is 3.74. The Morgan fingerprint density at radius 3 is 2.68 bits per heavy atom. The minimum absolute atomic E-state index is 0.243.